The zero-order valence-electron chi connectivity index (χ0n) is 14.0. The van der Waals surface area contributed by atoms with Crippen LogP contribution in [0.3, 0.4) is 0 Å². The summed E-state index contributed by atoms with van der Waals surface area (Å²) in [6.07, 6.45) is 3.78. The Morgan fingerprint density at radius 2 is 1.71 bits per heavy atom. The van der Waals surface area contributed by atoms with E-state index in [4.69, 9.17) is 0 Å². The lowest BCUT2D eigenvalue weighted by atomic mass is 10.3. The molecule has 7 heteroatoms. The predicted octanol–water partition coefficient (Wildman–Crippen LogP) is 1.01. The molecular formula is C17H24N4O2S. The minimum Gasteiger partial charge on any atom is -0.337 e. The monoisotopic (exact) mass is 348 g/mol. The summed E-state index contributed by atoms with van der Waals surface area (Å²) in [5.41, 5.74) is 0. The second-order valence-electron chi connectivity index (χ2n) is 6.20. The average Bonchev–Trinajstić information content (AvgIpc) is 3.00. The lowest BCUT2D eigenvalue weighted by Crippen LogP contribution is -2.47. The molecule has 0 amide bonds. The van der Waals surface area contributed by atoms with Crippen molar-refractivity contribution in [1.82, 2.24) is 19.4 Å². The molecule has 0 spiro atoms. The van der Waals surface area contributed by atoms with Crippen molar-refractivity contribution in [2.75, 3.05) is 38.5 Å². The standard InChI is InChI=1S/C17H24N4O2S/c1-19-8-7-18-17(19)15-21-11-9-20(10-12-21)13-14-24(22,23)16-5-3-2-4-6-16/h2-8H,9-15H2,1H3. The van der Waals surface area contributed by atoms with Crippen molar-refractivity contribution in [3.8, 4) is 0 Å². The number of aryl methyl sites for hydroxylation is 1. The van der Waals surface area contributed by atoms with E-state index < -0.39 is 9.84 Å². The van der Waals surface area contributed by atoms with E-state index in [-0.39, 0.29) is 5.75 Å². The molecule has 2 aromatic rings. The van der Waals surface area contributed by atoms with Gasteiger partial charge in [0, 0.05) is 52.2 Å². The molecule has 1 aliphatic heterocycles. The van der Waals surface area contributed by atoms with E-state index >= 15 is 0 Å². The Kier molecular flexibility index (Phi) is 5.33. The van der Waals surface area contributed by atoms with Crippen molar-refractivity contribution >= 4 is 9.84 Å². The molecule has 3 rings (SSSR count). The van der Waals surface area contributed by atoms with Gasteiger partial charge in [0.25, 0.3) is 0 Å². The molecule has 1 aromatic heterocycles. The first kappa shape index (κ1) is 17.1. The van der Waals surface area contributed by atoms with Crippen LogP contribution >= 0.6 is 0 Å². The molecule has 0 aliphatic carbocycles. The van der Waals surface area contributed by atoms with Crippen LogP contribution in [0.2, 0.25) is 0 Å². The number of nitrogens with zero attached hydrogens (tertiary/aromatic N) is 4. The fourth-order valence-electron chi connectivity index (χ4n) is 2.91. The van der Waals surface area contributed by atoms with E-state index in [1.807, 2.05) is 30.1 Å². The third-order valence-corrected chi connectivity index (χ3v) is 6.24. The molecule has 0 N–H and O–H groups in total. The van der Waals surface area contributed by atoms with Gasteiger partial charge in [-0.1, -0.05) is 18.2 Å². The van der Waals surface area contributed by atoms with Gasteiger partial charge in [0.1, 0.15) is 5.82 Å². The Morgan fingerprint density at radius 1 is 1.04 bits per heavy atom. The second-order valence-corrected chi connectivity index (χ2v) is 8.31. The SMILES string of the molecule is Cn1ccnc1CN1CCN(CCS(=O)(=O)c2ccccc2)CC1. The smallest absolute Gasteiger partial charge is 0.179 e. The van der Waals surface area contributed by atoms with E-state index in [1.54, 1.807) is 24.3 Å². The highest BCUT2D eigenvalue weighted by Crippen LogP contribution is 2.12. The normalized spacial score (nSPS) is 17.2. The summed E-state index contributed by atoms with van der Waals surface area (Å²) >= 11 is 0. The quantitative estimate of drug-likeness (QED) is 0.780. The van der Waals surface area contributed by atoms with Crippen molar-refractivity contribution in [3.05, 3.63) is 48.5 Å². The van der Waals surface area contributed by atoms with Gasteiger partial charge in [0.2, 0.25) is 0 Å². The molecule has 6 nitrogen and oxygen atoms in total. The predicted molar refractivity (Wildman–Crippen MR) is 93.4 cm³/mol. The lowest BCUT2D eigenvalue weighted by Gasteiger charge is -2.34. The highest BCUT2D eigenvalue weighted by molar-refractivity contribution is 7.91. The van der Waals surface area contributed by atoms with Gasteiger partial charge in [0.05, 0.1) is 17.2 Å². The lowest BCUT2D eigenvalue weighted by molar-refractivity contribution is 0.129. The molecule has 0 bridgehead atoms. The van der Waals surface area contributed by atoms with Crippen molar-refractivity contribution < 1.29 is 8.42 Å². The largest absolute Gasteiger partial charge is 0.337 e. The van der Waals surface area contributed by atoms with E-state index in [1.165, 1.54) is 0 Å². The molecule has 130 valence electrons. The Labute approximate surface area is 143 Å². The Balaban J connectivity index is 1.47. The molecule has 1 aliphatic rings. The average molecular weight is 348 g/mol. The summed E-state index contributed by atoms with van der Waals surface area (Å²) in [5.74, 6) is 1.24. The van der Waals surface area contributed by atoms with Crippen LogP contribution in [0.1, 0.15) is 5.82 Å². The number of piperazine rings is 1. The second kappa shape index (κ2) is 7.46. The highest BCUT2D eigenvalue weighted by atomic mass is 32.2. The van der Waals surface area contributed by atoms with E-state index in [0.29, 0.717) is 11.4 Å². The number of benzene rings is 1. The van der Waals surface area contributed by atoms with E-state index in [2.05, 4.69) is 14.8 Å². The van der Waals surface area contributed by atoms with Crippen LogP contribution in [0, 0.1) is 0 Å². The molecule has 0 saturated carbocycles. The minimum atomic E-state index is -3.19. The van der Waals surface area contributed by atoms with Crippen LogP contribution in [-0.2, 0) is 23.4 Å². The Hall–Kier alpha value is -1.70. The number of hydrogen-bond acceptors (Lipinski definition) is 5. The van der Waals surface area contributed by atoms with E-state index in [9.17, 15) is 8.42 Å². The number of rotatable bonds is 6. The number of imidazole rings is 1. The fourth-order valence-corrected chi connectivity index (χ4v) is 4.22. The van der Waals surface area contributed by atoms with Gasteiger partial charge in [-0.25, -0.2) is 13.4 Å². The Bertz CT molecular complexity index is 750. The number of aromatic nitrogens is 2. The minimum absolute atomic E-state index is 0.177. The maximum Gasteiger partial charge on any atom is 0.179 e. The van der Waals surface area contributed by atoms with Crippen LogP contribution in [0.4, 0.5) is 0 Å². The first-order valence-electron chi connectivity index (χ1n) is 8.23. The number of sulfone groups is 1. The van der Waals surface area contributed by atoms with Crippen LogP contribution in [0.15, 0.2) is 47.6 Å². The molecule has 0 unspecified atom stereocenters. The topological polar surface area (TPSA) is 58.4 Å². The van der Waals surface area contributed by atoms with Gasteiger partial charge in [-0.3, -0.25) is 9.80 Å². The van der Waals surface area contributed by atoms with Gasteiger partial charge in [0.15, 0.2) is 9.84 Å². The fraction of sp³-hybridized carbons (Fsp3) is 0.471. The summed E-state index contributed by atoms with van der Waals surface area (Å²) in [5, 5.41) is 0. The summed E-state index contributed by atoms with van der Waals surface area (Å²) in [4.78, 5) is 9.37. The molecule has 0 radical (unpaired) electrons. The molecular weight excluding hydrogens is 324 g/mol. The van der Waals surface area contributed by atoms with Gasteiger partial charge in [-0.05, 0) is 12.1 Å². The summed E-state index contributed by atoms with van der Waals surface area (Å²) in [6, 6.07) is 8.70. The van der Waals surface area contributed by atoms with Gasteiger partial charge in [-0.2, -0.15) is 0 Å². The Morgan fingerprint density at radius 3 is 2.33 bits per heavy atom. The van der Waals surface area contributed by atoms with Crippen LogP contribution in [0.25, 0.3) is 0 Å². The highest BCUT2D eigenvalue weighted by Gasteiger charge is 2.21. The first-order valence-corrected chi connectivity index (χ1v) is 9.88. The van der Waals surface area contributed by atoms with Crippen molar-refractivity contribution in [3.63, 3.8) is 0 Å². The summed E-state index contributed by atoms with van der Waals surface area (Å²) < 4.78 is 26.7. The third-order valence-electron chi connectivity index (χ3n) is 4.53. The van der Waals surface area contributed by atoms with Gasteiger partial charge >= 0.3 is 0 Å². The van der Waals surface area contributed by atoms with Crippen molar-refractivity contribution in [1.29, 1.82) is 0 Å². The van der Waals surface area contributed by atoms with Crippen molar-refractivity contribution in [2.24, 2.45) is 7.05 Å². The van der Waals surface area contributed by atoms with Gasteiger partial charge < -0.3 is 4.57 Å². The van der Waals surface area contributed by atoms with Crippen LogP contribution in [0.5, 0.6) is 0 Å². The third kappa shape index (κ3) is 4.23. The van der Waals surface area contributed by atoms with E-state index in [0.717, 1.165) is 38.5 Å². The van der Waals surface area contributed by atoms with Crippen LogP contribution in [-0.4, -0.2) is 66.2 Å². The maximum absolute atomic E-state index is 12.3. The summed E-state index contributed by atoms with van der Waals surface area (Å²) in [6.45, 7) is 5.12. The number of hydrogen-bond donors (Lipinski definition) is 0. The first-order chi connectivity index (χ1) is 11.5. The molecule has 1 aromatic carbocycles. The van der Waals surface area contributed by atoms with Crippen LogP contribution < -0.4 is 0 Å². The molecule has 2 heterocycles. The van der Waals surface area contributed by atoms with Crippen molar-refractivity contribution in [2.45, 2.75) is 11.4 Å². The maximum atomic E-state index is 12.3. The zero-order valence-corrected chi connectivity index (χ0v) is 14.8. The van der Waals surface area contributed by atoms with Gasteiger partial charge in [-0.15, -0.1) is 0 Å². The molecule has 1 saturated heterocycles. The zero-order chi connectivity index (χ0) is 17.0. The summed E-state index contributed by atoms with van der Waals surface area (Å²) in [7, 11) is -1.18. The molecule has 1 fully saturated rings. The molecule has 24 heavy (non-hydrogen) atoms. The molecule has 0 atom stereocenters.